The van der Waals surface area contributed by atoms with Crippen LogP contribution in [-0.4, -0.2) is 29.3 Å². The molecule has 0 amide bonds. The Balaban J connectivity index is 2.28. The molecule has 0 fully saturated rings. The Hall–Kier alpha value is -0.820. The van der Waals surface area contributed by atoms with Gasteiger partial charge in [0, 0.05) is 21.9 Å². The normalized spacial score (nSPS) is 24.9. The molecule has 4 nitrogen and oxygen atoms in total. The number of nitrogens with one attached hydrogen (secondary N) is 1. The topological polar surface area (TPSA) is 62.1 Å². The molecule has 0 saturated carbocycles. The first-order chi connectivity index (χ1) is 7.61. The molecule has 0 aromatic carbocycles. The number of likely N-dealkylation sites (N-methyl/N-ethyl adjacent to an activating group) is 1. The van der Waals surface area contributed by atoms with E-state index in [9.17, 15) is 4.79 Å². The van der Waals surface area contributed by atoms with E-state index in [-0.39, 0.29) is 11.8 Å². The van der Waals surface area contributed by atoms with Gasteiger partial charge in [0.1, 0.15) is 0 Å². The number of allylic oxidation sites excluding steroid dienone is 1. The molecule has 0 spiro atoms. The Kier molecular flexibility index (Phi) is 2.16. The molecule has 0 radical (unpaired) electrons. The third-order valence-corrected chi connectivity index (χ3v) is 4.59. The predicted octanol–water partition coefficient (Wildman–Crippen LogP) is 1.35. The lowest BCUT2D eigenvalue weighted by molar-refractivity contribution is 0.101. The van der Waals surface area contributed by atoms with Gasteiger partial charge in [-0.3, -0.25) is 9.69 Å². The van der Waals surface area contributed by atoms with E-state index in [1.165, 1.54) is 5.56 Å². The molecule has 84 valence electrons. The van der Waals surface area contributed by atoms with Crippen LogP contribution in [0.5, 0.6) is 0 Å². The number of H-pyrrole nitrogens is 1. The van der Waals surface area contributed by atoms with Gasteiger partial charge >= 0.3 is 0 Å². The first kappa shape index (κ1) is 10.3. The number of ketones is 1. The Morgan fingerprint density at radius 3 is 3.12 bits per heavy atom. The second-order valence-electron chi connectivity index (χ2n) is 4.33. The number of rotatable bonds is 0. The van der Waals surface area contributed by atoms with E-state index in [0.717, 1.165) is 22.1 Å². The molecule has 1 aromatic heterocycles. The van der Waals surface area contributed by atoms with Crippen LogP contribution in [0.4, 0.5) is 0 Å². The van der Waals surface area contributed by atoms with E-state index >= 15 is 0 Å². The maximum absolute atomic E-state index is 12.0. The van der Waals surface area contributed by atoms with Crippen LogP contribution < -0.4 is 5.73 Å². The summed E-state index contributed by atoms with van der Waals surface area (Å²) in [5.41, 5.74) is 9.34. The average Bonchev–Trinajstić information content (AvgIpc) is 2.68. The largest absolute Gasteiger partial charge is 0.395 e. The number of carbonyl (C=O) groups excluding carboxylic acids is 1. The minimum atomic E-state index is -0.0581. The summed E-state index contributed by atoms with van der Waals surface area (Å²) in [6.45, 7) is 1.00. The summed E-state index contributed by atoms with van der Waals surface area (Å²) in [6.07, 6.45) is 2.95. The molecule has 2 aliphatic rings. The Labute approximate surface area is 107 Å². The minimum Gasteiger partial charge on any atom is -0.395 e. The highest BCUT2D eigenvalue weighted by atomic mass is 127. The van der Waals surface area contributed by atoms with Crippen molar-refractivity contribution in [2.75, 3.05) is 13.6 Å². The molecule has 3 N–H and O–H groups in total. The molecule has 1 unspecified atom stereocenters. The predicted molar refractivity (Wildman–Crippen MR) is 69.4 cm³/mol. The van der Waals surface area contributed by atoms with Crippen molar-refractivity contribution in [3.63, 3.8) is 0 Å². The number of hydrogen-bond donors (Lipinski definition) is 2. The van der Waals surface area contributed by atoms with Crippen LogP contribution in [-0.2, 0) is 6.42 Å². The zero-order valence-electron chi connectivity index (χ0n) is 8.88. The quantitative estimate of drug-likeness (QED) is 0.706. The van der Waals surface area contributed by atoms with E-state index in [2.05, 4.69) is 39.5 Å². The average molecular weight is 329 g/mol. The summed E-state index contributed by atoms with van der Waals surface area (Å²) in [7, 11) is 2.08. The van der Waals surface area contributed by atoms with Crippen molar-refractivity contribution in [3.05, 3.63) is 32.3 Å². The van der Waals surface area contributed by atoms with Gasteiger partial charge in [-0.05, 0) is 41.6 Å². The molecule has 1 aliphatic carbocycles. The van der Waals surface area contributed by atoms with Gasteiger partial charge in [-0.25, -0.2) is 0 Å². The lowest BCUT2D eigenvalue weighted by Gasteiger charge is -2.36. The maximum atomic E-state index is 12.0. The van der Waals surface area contributed by atoms with Crippen LogP contribution in [0.3, 0.4) is 0 Å². The molecule has 1 aromatic rings. The van der Waals surface area contributed by atoms with Gasteiger partial charge in [0.2, 0.25) is 5.78 Å². The number of halogens is 1. The van der Waals surface area contributed by atoms with Crippen molar-refractivity contribution in [1.82, 2.24) is 9.88 Å². The number of carbonyl (C=O) groups is 1. The fourth-order valence-corrected chi connectivity index (χ4v) is 3.57. The monoisotopic (exact) mass is 329 g/mol. The molecule has 1 atom stereocenters. The number of Topliss-reactive ketones (excluding diaryl/α,β-unsaturated/α-hetero) is 1. The summed E-state index contributed by atoms with van der Waals surface area (Å²) in [5.74, 6) is -0.0581. The van der Waals surface area contributed by atoms with Crippen LogP contribution >= 0.6 is 22.6 Å². The molecule has 0 bridgehead atoms. The second-order valence-corrected chi connectivity index (χ2v) is 5.49. The number of aromatic amines is 1. The third kappa shape index (κ3) is 1.15. The highest BCUT2D eigenvalue weighted by molar-refractivity contribution is 14.1. The first-order valence-corrected chi connectivity index (χ1v) is 6.29. The first-order valence-electron chi connectivity index (χ1n) is 5.21. The Morgan fingerprint density at radius 2 is 2.38 bits per heavy atom. The standard InChI is InChI=1S/C11H12IN3O/c1-15-3-2-5-4-14-9-6(5)10(15)7(12)8(13)11(9)16/h4,10,14H,2-3,13H2,1H3. The fourth-order valence-electron chi connectivity index (χ4n) is 2.54. The Morgan fingerprint density at radius 1 is 1.62 bits per heavy atom. The highest BCUT2D eigenvalue weighted by Gasteiger charge is 2.38. The smallest absolute Gasteiger partial charge is 0.225 e. The van der Waals surface area contributed by atoms with Gasteiger partial charge in [-0.1, -0.05) is 0 Å². The fraction of sp³-hybridized carbons (Fsp3) is 0.364. The SMILES string of the molecule is CN1CCc2c[nH]c3c2C1C(I)=C(N)C3=O. The number of aromatic nitrogens is 1. The van der Waals surface area contributed by atoms with Crippen LogP contribution in [0.25, 0.3) is 0 Å². The number of nitrogens with zero attached hydrogens (tertiary/aromatic N) is 1. The molecular formula is C11H12IN3O. The van der Waals surface area contributed by atoms with Crippen molar-refractivity contribution >= 4 is 28.4 Å². The zero-order valence-corrected chi connectivity index (χ0v) is 11.0. The number of hydrogen-bond acceptors (Lipinski definition) is 3. The van der Waals surface area contributed by atoms with Gasteiger partial charge in [0.05, 0.1) is 17.4 Å². The molecule has 0 saturated heterocycles. The summed E-state index contributed by atoms with van der Waals surface area (Å²) < 4.78 is 0.957. The molecule has 1 aliphatic heterocycles. The van der Waals surface area contributed by atoms with Crippen molar-refractivity contribution in [3.8, 4) is 0 Å². The van der Waals surface area contributed by atoms with E-state index in [4.69, 9.17) is 5.73 Å². The third-order valence-electron chi connectivity index (χ3n) is 3.42. The highest BCUT2D eigenvalue weighted by Crippen LogP contribution is 2.43. The van der Waals surface area contributed by atoms with Gasteiger partial charge in [-0.15, -0.1) is 0 Å². The molecule has 16 heavy (non-hydrogen) atoms. The summed E-state index contributed by atoms with van der Waals surface area (Å²) in [4.78, 5) is 17.3. The maximum Gasteiger partial charge on any atom is 0.225 e. The van der Waals surface area contributed by atoms with Crippen LogP contribution in [0.15, 0.2) is 15.5 Å². The van der Waals surface area contributed by atoms with Crippen LogP contribution in [0.1, 0.15) is 27.7 Å². The van der Waals surface area contributed by atoms with Crippen LogP contribution in [0.2, 0.25) is 0 Å². The lowest BCUT2D eigenvalue weighted by atomic mass is 9.88. The minimum absolute atomic E-state index is 0.0581. The molecule has 2 heterocycles. The van der Waals surface area contributed by atoms with E-state index in [0.29, 0.717) is 11.4 Å². The second kappa shape index (κ2) is 3.33. The number of nitrogens with two attached hydrogens (primary N) is 1. The summed E-state index contributed by atoms with van der Waals surface area (Å²) in [5, 5.41) is 0. The zero-order chi connectivity index (χ0) is 11.4. The van der Waals surface area contributed by atoms with Gasteiger partial charge < -0.3 is 10.7 Å². The van der Waals surface area contributed by atoms with Crippen molar-refractivity contribution < 1.29 is 4.79 Å². The van der Waals surface area contributed by atoms with E-state index in [1.54, 1.807) is 0 Å². The lowest BCUT2D eigenvalue weighted by Crippen LogP contribution is -2.37. The van der Waals surface area contributed by atoms with Gasteiger partial charge in [-0.2, -0.15) is 0 Å². The van der Waals surface area contributed by atoms with E-state index < -0.39 is 0 Å². The van der Waals surface area contributed by atoms with Gasteiger partial charge in [0.25, 0.3) is 0 Å². The molecule has 5 heteroatoms. The van der Waals surface area contributed by atoms with Crippen LogP contribution in [0, 0.1) is 0 Å². The summed E-state index contributed by atoms with van der Waals surface area (Å²) >= 11 is 2.20. The van der Waals surface area contributed by atoms with Gasteiger partial charge in [0.15, 0.2) is 0 Å². The van der Waals surface area contributed by atoms with Crippen molar-refractivity contribution in [2.45, 2.75) is 12.5 Å². The van der Waals surface area contributed by atoms with Crippen molar-refractivity contribution in [1.29, 1.82) is 0 Å². The summed E-state index contributed by atoms with van der Waals surface area (Å²) in [6, 6.07) is 0.170. The molecule has 3 rings (SSSR count). The molecular weight excluding hydrogens is 317 g/mol. The van der Waals surface area contributed by atoms with Crippen molar-refractivity contribution in [2.24, 2.45) is 5.73 Å². The van der Waals surface area contributed by atoms with E-state index in [1.807, 2.05) is 6.20 Å². The Bertz CT molecular complexity index is 517.